The van der Waals surface area contributed by atoms with Gasteiger partial charge in [0.15, 0.2) is 18.1 Å². The molecule has 37 heavy (non-hydrogen) atoms. The normalized spacial score (nSPS) is 12.9. The molecule has 3 aromatic rings. The summed E-state index contributed by atoms with van der Waals surface area (Å²) in [6.45, 7) is 7.08. The second-order valence-corrected chi connectivity index (χ2v) is 9.66. The van der Waals surface area contributed by atoms with Crippen molar-refractivity contribution >= 4 is 23.2 Å². The first-order valence-electron chi connectivity index (χ1n) is 12.0. The van der Waals surface area contributed by atoms with Crippen molar-refractivity contribution in [3.8, 4) is 23.0 Å². The number of carbonyl (C=O) groups excluding carboxylic acids is 2. The quantitative estimate of drug-likeness (QED) is 0.462. The van der Waals surface area contributed by atoms with Crippen molar-refractivity contribution in [3.63, 3.8) is 0 Å². The zero-order valence-electron chi connectivity index (χ0n) is 21.8. The Kier molecular flexibility index (Phi) is 7.57. The zero-order valence-corrected chi connectivity index (χ0v) is 21.8. The standard InChI is InChI=1S/C29H32N2O6/c1-29(2,3)20-7-10-22(11-8-20)36-15-14-31-23-17-21(9-13-24(23)37-18-27(31)32)30-28(33)19-6-12-25(34-4)26(16-19)35-5/h6-13,16-17H,14-15,18H2,1-5H3,(H,30,33). The van der Waals surface area contributed by atoms with Gasteiger partial charge in [-0.3, -0.25) is 9.59 Å². The van der Waals surface area contributed by atoms with E-state index in [0.29, 0.717) is 47.3 Å². The first-order valence-corrected chi connectivity index (χ1v) is 12.0. The Labute approximate surface area is 217 Å². The van der Waals surface area contributed by atoms with Crippen LogP contribution in [0.25, 0.3) is 0 Å². The topological polar surface area (TPSA) is 86.3 Å². The highest BCUT2D eigenvalue weighted by molar-refractivity contribution is 6.05. The largest absolute Gasteiger partial charge is 0.493 e. The zero-order chi connectivity index (χ0) is 26.6. The number of amides is 2. The van der Waals surface area contributed by atoms with E-state index in [0.717, 1.165) is 5.75 Å². The van der Waals surface area contributed by atoms with Crippen LogP contribution in [0, 0.1) is 0 Å². The second kappa shape index (κ2) is 10.8. The molecule has 8 nitrogen and oxygen atoms in total. The van der Waals surface area contributed by atoms with Gasteiger partial charge >= 0.3 is 0 Å². The Morgan fingerprint density at radius 1 is 0.973 bits per heavy atom. The van der Waals surface area contributed by atoms with Crippen LogP contribution in [0.4, 0.5) is 11.4 Å². The summed E-state index contributed by atoms with van der Waals surface area (Å²) < 4.78 is 22.0. The predicted molar refractivity (Wildman–Crippen MR) is 142 cm³/mol. The van der Waals surface area contributed by atoms with Crippen LogP contribution in [0.5, 0.6) is 23.0 Å². The van der Waals surface area contributed by atoms with Crippen LogP contribution in [-0.4, -0.2) is 45.8 Å². The predicted octanol–water partition coefficient (Wildman–Crippen LogP) is 5.06. The number of benzene rings is 3. The summed E-state index contributed by atoms with van der Waals surface area (Å²) in [5.41, 5.74) is 2.80. The molecule has 1 heterocycles. The Morgan fingerprint density at radius 3 is 2.38 bits per heavy atom. The molecule has 1 aliphatic rings. The van der Waals surface area contributed by atoms with Gasteiger partial charge in [0, 0.05) is 11.3 Å². The van der Waals surface area contributed by atoms with Crippen LogP contribution >= 0.6 is 0 Å². The van der Waals surface area contributed by atoms with Gasteiger partial charge in [0.05, 0.1) is 26.5 Å². The molecule has 0 atom stereocenters. The highest BCUT2D eigenvalue weighted by Gasteiger charge is 2.26. The monoisotopic (exact) mass is 504 g/mol. The highest BCUT2D eigenvalue weighted by Crippen LogP contribution is 2.35. The third-order valence-electron chi connectivity index (χ3n) is 6.11. The first kappa shape index (κ1) is 25.9. The summed E-state index contributed by atoms with van der Waals surface area (Å²) in [4.78, 5) is 27.2. The fourth-order valence-corrected chi connectivity index (χ4v) is 4.01. The molecule has 0 aromatic heterocycles. The van der Waals surface area contributed by atoms with Crippen LogP contribution in [0.2, 0.25) is 0 Å². The van der Waals surface area contributed by atoms with E-state index in [1.54, 1.807) is 41.3 Å². The molecule has 1 N–H and O–H groups in total. The molecular formula is C29H32N2O6. The van der Waals surface area contributed by atoms with Crippen molar-refractivity contribution in [3.05, 3.63) is 71.8 Å². The second-order valence-electron chi connectivity index (χ2n) is 9.66. The summed E-state index contributed by atoms with van der Waals surface area (Å²) in [6, 6.07) is 18.1. The van der Waals surface area contributed by atoms with Gasteiger partial charge in [-0.1, -0.05) is 32.9 Å². The smallest absolute Gasteiger partial charge is 0.265 e. The van der Waals surface area contributed by atoms with Gasteiger partial charge in [-0.05, 0) is 59.5 Å². The van der Waals surface area contributed by atoms with Crippen molar-refractivity contribution in [2.24, 2.45) is 0 Å². The average Bonchev–Trinajstić information content (AvgIpc) is 2.89. The maximum atomic E-state index is 12.9. The lowest BCUT2D eigenvalue weighted by Gasteiger charge is -2.29. The van der Waals surface area contributed by atoms with Gasteiger partial charge in [-0.25, -0.2) is 0 Å². The SMILES string of the molecule is COc1ccc(C(=O)Nc2ccc3c(c2)N(CCOc2ccc(C(C)(C)C)cc2)C(=O)CO3)cc1OC. The molecular weight excluding hydrogens is 472 g/mol. The van der Waals surface area contributed by atoms with Crippen molar-refractivity contribution in [1.29, 1.82) is 0 Å². The Balaban J connectivity index is 1.45. The van der Waals surface area contributed by atoms with Crippen molar-refractivity contribution < 1.29 is 28.5 Å². The minimum atomic E-state index is -0.322. The van der Waals surface area contributed by atoms with E-state index in [-0.39, 0.29) is 23.8 Å². The van der Waals surface area contributed by atoms with E-state index in [2.05, 4.69) is 38.2 Å². The molecule has 1 aliphatic heterocycles. The molecule has 0 spiro atoms. The summed E-state index contributed by atoms with van der Waals surface area (Å²) >= 11 is 0. The fraction of sp³-hybridized carbons (Fsp3) is 0.310. The summed E-state index contributed by atoms with van der Waals surface area (Å²) in [5.74, 6) is 1.80. The van der Waals surface area contributed by atoms with E-state index in [4.69, 9.17) is 18.9 Å². The van der Waals surface area contributed by atoms with Crippen molar-refractivity contribution in [1.82, 2.24) is 0 Å². The molecule has 0 saturated heterocycles. The molecule has 0 fully saturated rings. The Bertz CT molecular complexity index is 1280. The van der Waals surface area contributed by atoms with Crippen molar-refractivity contribution in [2.75, 3.05) is 44.2 Å². The number of hydrogen-bond donors (Lipinski definition) is 1. The maximum absolute atomic E-state index is 12.9. The molecule has 0 bridgehead atoms. The molecule has 8 heteroatoms. The number of anilines is 2. The minimum absolute atomic E-state index is 0.0510. The van der Waals surface area contributed by atoms with Gasteiger partial charge in [0.1, 0.15) is 18.1 Å². The number of methoxy groups -OCH3 is 2. The van der Waals surface area contributed by atoms with Crippen molar-refractivity contribution in [2.45, 2.75) is 26.2 Å². The molecule has 3 aromatic carbocycles. The number of ether oxygens (including phenoxy) is 4. The molecule has 4 rings (SSSR count). The molecule has 194 valence electrons. The lowest BCUT2D eigenvalue weighted by atomic mass is 9.87. The van der Waals surface area contributed by atoms with Gasteiger partial charge in [0.25, 0.3) is 11.8 Å². The third kappa shape index (κ3) is 5.97. The van der Waals surface area contributed by atoms with Gasteiger partial charge in [-0.2, -0.15) is 0 Å². The molecule has 2 amide bonds. The Hall–Kier alpha value is -4.20. The van der Waals surface area contributed by atoms with Gasteiger partial charge < -0.3 is 29.2 Å². The number of nitrogens with zero attached hydrogens (tertiary/aromatic N) is 1. The summed E-state index contributed by atoms with van der Waals surface area (Å²) in [5, 5.41) is 2.87. The molecule has 0 aliphatic carbocycles. The molecule has 0 radical (unpaired) electrons. The third-order valence-corrected chi connectivity index (χ3v) is 6.11. The number of fused-ring (bicyclic) bond motifs is 1. The summed E-state index contributed by atoms with van der Waals surface area (Å²) in [6.07, 6.45) is 0. The van der Waals surface area contributed by atoms with E-state index in [1.807, 2.05) is 12.1 Å². The maximum Gasteiger partial charge on any atom is 0.265 e. The van der Waals surface area contributed by atoms with E-state index in [1.165, 1.54) is 19.8 Å². The van der Waals surface area contributed by atoms with E-state index in [9.17, 15) is 9.59 Å². The fourth-order valence-electron chi connectivity index (χ4n) is 4.01. The Morgan fingerprint density at radius 2 is 1.70 bits per heavy atom. The molecule has 0 unspecified atom stereocenters. The van der Waals surface area contributed by atoms with Crippen LogP contribution in [0.1, 0.15) is 36.7 Å². The first-order chi connectivity index (χ1) is 17.7. The number of hydrogen-bond acceptors (Lipinski definition) is 6. The highest BCUT2D eigenvalue weighted by atomic mass is 16.5. The average molecular weight is 505 g/mol. The van der Waals surface area contributed by atoms with Gasteiger partial charge in [-0.15, -0.1) is 0 Å². The number of rotatable bonds is 8. The lowest BCUT2D eigenvalue weighted by Crippen LogP contribution is -2.41. The van der Waals surface area contributed by atoms with E-state index < -0.39 is 0 Å². The lowest BCUT2D eigenvalue weighted by molar-refractivity contribution is -0.121. The summed E-state index contributed by atoms with van der Waals surface area (Å²) in [7, 11) is 3.05. The molecule has 0 saturated carbocycles. The number of carbonyl (C=O) groups is 2. The van der Waals surface area contributed by atoms with Gasteiger partial charge in [0.2, 0.25) is 0 Å². The minimum Gasteiger partial charge on any atom is -0.493 e. The van der Waals surface area contributed by atoms with E-state index >= 15 is 0 Å². The van der Waals surface area contributed by atoms with Crippen LogP contribution in [0.3, 0.4) is 0 Å². The van der Waals surface area contributed by atoms with Crippen LogP contribution < -0.4 is 29.2 Å². The van der Waals surface area contributed by atoms with Crippen LogP contribution in [0.15, 0.2) is 60.7 Å². The van der Waals surface area contributed by atoms with Crippen LogP contribution in [-0.2, 0) is 10.2 Å². The number of nitrogens with one attached hydrogen (secondary N) is 1.